The van der Waals surface area contributed by atoms with E-state index in [0.29, 0.717) is 18.2 Å². The van der Waals surface area contributed by atoms with Gasteiger partial charge in [-0.2, -0.15) is 0 Å². The molecule has 0 N–H and O–H groups in total. The van der Waals surface area contributed by atoms with Crippen LogP contribution in [0.1, 0.15) is 17.5 Å². The highest BCUT2D eigenvalue weighted by Gasteiger charge is 2.26. The van der Waals surface area contributed by atoms with Gasteiger partial charge in [0, 0.05) is 24.2 Å². The van der Waals surface area contributed by atoms with E-state index in [-0.39, 0.29) is 11.9 Å². The Kier molecular flexibility index (Phi) is 3.82. The molecule has 0 saturated carbocycles. The Labute approximate surface area is 127 Å². The van der Waals surface area contributed by atoms with Crippen LogP contribution in [0.15, 0.2) is 18.2 Å². The summed E-state index contributed by atoms with van der Waals surface area (Å²) in [5.41, 5.74) is 0.793. The fourth-order valence-corrected chi connectivity index (χ4v) is 2.74. The number of halogens is 2. The zero-order chi connectivity index (χ0) is 15.0. The maximum absolute atomic E-state index is 13.2. The number of benzene rings is 1. The molecular weight excluding hydrogens is 295 g/mol. The van der Waals surface area contributed by atoms with Crippen molar-refractivity contribution in [2.24, 2.45) is 7.05 Å². The Balaban J connectivity index is 1.84. The van der Waals surface area contributed by atoms with Crippen LogP contribution in [0.4, 0.5) is 10.3 Å². The smallest absolute Gasteiger partial charge is 0.227 e. The molecule has 1 aromatic carbocycles. The van der Waals surface area contributed by atoms with Crippen LogP contribution in [0.5, 0.6) is 0 Å². The molecule has 3 rings (SSSR count). The molecule has 0 radical (unpaired) electrons. The number of ether oxygens (including phenoxy) is 1. The van der Waals surface area contributed by atoms with Crippen molar-refractivity contribution in [1.29, 1.82) is 0 Å². The van der Waals surface area contributed by atoms with E-state index in [4.69, 9.17) is 16.3 Å². The van der Waals surface area contributed by atoms with Crippen LogP contribution in [0.2, 0.25) is 5.02 Å². The van der Waals surface area contributed by atoms with Gasteiger partial charge in [-0.15, -0.1) is 10.2 Å². The van der Waals surface area contributed by atoms with E-state index in [1.165, 1.54) is 12.1 Å². The molecule has 1 saturated heterocycles. The molecule has 0 bridgehead atoms. The Morgan fingerprint density at radius 2 is 2.19 bits per heavy atom. The van der Waals surface area contributed by atoms with Crippen LogP contribution in [0.3, 0.4) is 0 Å². The largest absolute Gasteiger partial charge is 0.370 e. The van der Waals surface area contributed by atoms with Crippen molar-refractivity contribution in [3.63, 3.8) is 0 Å². The first-order chi connectivity index (χ1) is 10.1. The lowest BCUT2D eigenvalue weighted by molar-refractivity contribution is 0.0390. The van der Waals surface area contributed by atoms with Gasteiger partial charge in [0.15, 0.2) is 0 Å². The number of aryl methyl sites for hydroxylation is 1. The summed E-state index contributed by atoms with van der Waals surface area (Å²) in [5, 5.41) is 8.65. The molecule has 21 heavy (non-hydrogen) atoms. The zero-order valence-electron chi connectivity index (χ0n) is 11.9. The first-order valence-electron chi connectivity index (χ1n) is 6.74. The minimum Gasteiger partial charge on any atom is -0.370 e. The van der Waals surface area contributed by atoms with E-state index in [9.17, 15) is 4.39 Å². The normalized spacial score (nSPS) is 19.0. The molecule has 1 unspecified atom stereocenters. The van der Waals surface area contributed by atoms with E-state index < -0.39 is 0 Å². The second-order valence-corrected chi connectivity index (χ2v) is 5.48. The van der Waals surface area contributed by atoms with Gasteiger partial charge in [-0.3, -0.25) is 0 Å². The van der Waals surface area contributed by atoms with Crippen LogP contribution in [0.25, 0.3) is 0 Å². The van der Waals surface area contributed by atoms with Gasteiger partial charge in [0.1, 0.15) is 17.7 Å². The maximum atomic E-state index is 13.2. The average Bonchev–Trinajstić information content (AvgIpc) is 2.79. The van der Waals surface area contributed by atoms with Crippen molar-refractivity contribution in [2.45, 2.75) is 13.0 Å². The molecule has 2 heterocycles. The molecule has 0 spiro atoms. The van der Waals surface area contributed by atoms with Crippen molar-refractivity contribution in [2.75, 3.05) is 24.6 Å². The first kappa shape index (κ1) is 14.3. The van der Waals surface area contributed by atoms with Crippen LogP contribution < -0.4 is 4.90 Å². The van der Waals surface area contributed by atoms with Gasteiger partial charge in [0.2, 0.25) is 5.95 Å². The highest BCUT2D eigenvalue weighted by atomic mass is 35.5. The van der Waals surface area contributed by atoms with Crippen LogP contribution in [-0.2, 0) is 11.8 Å². The number of nitrogens with zero attached hydrogens (tertiary/aromatic N) is 4. The average molecular weight is 311 g/mol. The van der Waals surface area contributed by atoms with Crippen molar-refractivity contribution < 1.29 is 9.13 Å². The highest BCUT2D eigenvalue weighted by molar-refractivity contribution is 6.31. The van der Waals surface area contributed by atoms with E-state index in [0.717, 1.165) is 23.9 Å². The monoisotopic (exact) mass is 310 g/mol. The Hall–Kier alpha value is -1.66. The molecule has 1 aliphatic heterocycles. The number of hydrogen-bond donors (Lipinski definition) is 0. The first-order valence-corrected chi connectivity index (χ1v) is 7.11. The number of hydrogen-bond acceptors (Lipinski definition) is 4. The van der Waals surface area contributed by atoms with Gasteiger partial charge in [0.25, 0.3) is 0 Å². The van der Waals surface area contributed by atoms with Gasteiger partial charge in [0.05, 0.1) is 13.2 Å². The fraction of sp³-hybridized carbons (Fsp3) is 0.429. The Bertz CT molecular complexity index is 660. The quantitative estimate of drug-likeness (QED) is 0.855. The summed E-state index contributed by atoms with van der Waals surface area (Å²) >= 11 is 6.12. The molecule has 1 atom stereocenters. The van der Waals surface area contributed by atoms with Gasteiger partial charge in [-0.25, -0.2) is 4.39 Å². The highest BCUT2D eigenvalue weighted by Crippen LogP contribution is 2.30. The topological polar surface area (TPSA) is 43.2 Å². The van der Waals surface area contributed by atoms with Crippen molar-refractivity contribution in [1.82, 2.24) is 14.8 Å². The van der Waals surface area contributed by atoms with Gasteiger partial charge in [-0.05, 0) is 19.1 Å². The van der Waals surface area contributed by atoms with Gasteiger partial charge >= 0.3 is 0 Å². The second-order valence-electron chi connectivity index (χ2n) is 5.08. The number of morpholine rings is 1. The van der Waals surface area contributed by atoms with Crippen LogP contribution >= 0.6 is 11.6 Å². The Morgan fingerprint density at radius 3 is 2.86 bits per heavy atom. The third-order valence-electron chi connectivity index (χ3n) is 3.73. The maximum Gasteiger partial charge on any atom is 0.227 e. The van der Waals surface area contributed by atoms with Crippen molar-refractivity contribution >= 4 is 17.5 Å². The summed E-state index contributed by atoms with van der Waals surface area (Å²) in [6.07, 6.45) is -0.205. The minimum absolute atomic E-state index is 0.205. The van der Waals surface area contributed by atoms with E-state index >= 15 is 0 Å². The fourth-order valence-electron chi connectivity index (χ4n) is 2.45. The van der Waals surface area contributed by atoms with Crippen molar-refractivity contribution in [3.05, 3.63) is 40.4 Å². The number of rotatable bonds is 2. The summed E-state index contributed by atoms with van der Waals surface area (Å²) in [6, 6.07) is 4.38. The molecule has 1 aromatic heterocycles. The molecule has 5 nitrogen and oxygen atoms in total. The standard InChI is InChI=1S/C14H16ClFN4O/c1-9-17-18-14(19(9)2)20-5-6-21-13(8-20)11-4-3-10(16)7-12(11)15/h3-4,7,13H,5-6,8H2,1-2H3. The van der Waals surface area contributed by atoms with E-state index in [1.807, 2.05) is 18.5 Å². The Morgan fingerprint density at radius 1 is 1.38 bits per heavy atom. The van der Waals surface area contributed by atoms with E-state index in [1.54, 1.807) is 6.07 Å². The summed E-state index contributed by atoms with van der Waals surface area (Å²) in [4.78, 5) is 2.11. The summed E-state index contributed by atoms with van der Waals surface area (Å²) < 4.78 is 20.9. The lowest BCUT2D eigenvalue weighted by atomic mass is 10.1. The third kappa shape index (κ3) is 2.73. The molecule has 1 fully saturated rings. The molecule has 0 amide bonds. The molecule has 7 heteroatoms. The molecular formula is C14H16ClFN4O. The third-order valence-corrected chi connectivity index (χ3v) is 4.06. The summed E-state index contributed by atoms with van der Waals surface area (Å²) in [5.74, 6) is 1.31. The lowest BCUT2D eigenvalue weighted by Crippen LogP contribution is -2.39. The number of aromatic nitrogens is 3. The molecule has 0 aliphatic carbocycles. The molecule has 112 valence electrons. The van der Waals surface area contributed by atoms with Gasteiger partial charge < -0.3 is 14.2 Å². The lowest BCUT2D eigenvalue weighted by Gasteiger charge is -2.33. The zero-order valence-corrected chi connectivity index (χ0v) is 12.6. The predicted molar refractivity (Wildman–Crippen MR) is 78.1 cm³/mol. The molecule has 2 aromatic rings. The minimum atomic E-state index is -0.347. The molecule has 1 aliphatic rings. The van der Waals surface area contributed by atoms with Crippen LogP contribution in [-0.4, -0.2) is 34.5 Å². The summed E-state index contributed by atoms with van der Waals surface area (Å²) in [6.45, 7) is 3.81. The SMILES string of the molecule is Cc1nnc(N2CCOC(c3ccc(F)cc3Cl)C2)n1C. The van der Waals surface area contributed by atoms with Gasteiger partial charge in [-0.1, -0.05) is 17.7 Å². The predicted octanol–water partition coefficient (Wildman–Crippen LogP) is 2.49. The number of anilines is 1. The van der Waals surface area contributed by atoms with E-state index in [2.05, 4.69) is 15.1 Å². The van der Waals surface area contributed by atoms with Crippen LogP contribution in [0, 0.1) is 12.7 Å². The van der Waals surface area contributed by atoms with Crippen molar-refractivity contribution in [3.8, 4) is 0 Å². The summed E-state index contributed by atoms with van der Waals surface area (Å²) in [7, 11) is 1.93. The second kappa shape index (κ2) is 5.61.